The van der Waals surface area contributed by atoms with Crippen LogP contribution >= 0.6 is 0 Å². The van der Waals surface area contributed by atoms with Crippen molar-refractivity contribution in [3.63, 3.8) is 0 Å². The van der Waals surface area contributed by atoms with Crippen molar-refractivity contribution in [3.8, 4) is 11.5 Å². The fourth-order valence-electron chi connectivity index (χ4n) is 2.09. The minimum absolute atomic E-state index is 0.320. The third-order valence-electron chi connectivity index (χ3n) is 3.55. The van der Waals surface area contributed by atoms with Crippen LogP contribution in [0.15, 0.2) is 48.5 Å². The van der Waals surface area contributed by atoms with Crippen LogP contribution in [-0.2, 0) is 0 Å². The Morgan fingerprint density at radius 3 is 1.95 bits per heavy atom. The Kier molecular flexibility index (Phi) is 4.80. The molecule has 1 N–H and O–H groups in total. The van der Waals surface area contributed by atoms with Gasteiger partial charge >= 0.3 is 0 Å². The van der Waals surface area contributed by atoms with Crippen molar-refractivity contribution in [3.05, 3.63) is 59.7 Å². The van der Waals surface area contributed by atoms with Crippen molar-refractivity contribution < 1.29 is 4.74 Å². The lowest BCUT2D eigenvalue weighted by Crippen LogP contribution is -2.11. The Hall–Kier alpha value is -1.80. The average molecular weight is 269 g/mol. The van der Waals surface area contributed by atoms with E-state index in [1.165, 1.54) is 11.1 Å². The van der Waals surface area contributed by atoms with Gasteiger partial charge in [0.2, 0.25) is 0 Å². The third-order valence-corrected chi connectivity index (χ3v) is 3.55. The van der Waals surface area contributed by atoms with Crippen LogP contribution in [0.25, 0.3) is 0 Å². The Morgan fingerprint density at radius 1 is 0.850 bits per heavy atom. The van der Waals surface area contributed by atoms with Crippen LogP contribution in [0.1, 0.15) is 43.9 Å². The molecule has 2 aromatic rings. The van der Waals surface area contributed by atoms with Gasteiger partial charge in [-0.15, -0.1) is 0 Å². The molecular weight excluding hydrogens is 246 g/mol. The van der Waals surface area contributed by atoms with Gasteiger partial charge in [-0.25, -0.2) is 0 Å². The summed E-state index contributed by atoms with van der Waals surface area (Å²) in [6.45, 7) is 6.52. The van der Waals surface area contributed by atoms with Gasteiger partial charge < -0.3 is 10.1 Å². The summed E-state index contributed by atoms with van der Waals surface area (Å²) in [7, 11) is 1.96. The lowest BCUT2D eigenvalue weighted by atomic mass is 10.0. The third kappa shape index (κ3) is 3.61. The van der Waals surface area contributed by atoms with Crippen LogP contribution in [0.2, 0.25) is 0 Å². The highest BCUT2D eigenvalue weighted by atomic mass is 16.5. The van der Waals surface area contributed by atoms with Gasteiger partial charge in [-0.3, -0.25) is 0 Å². The molecule has 0 radical (unpaired) electrons. The van der Waals surface area contributed by atoms with E-state index in [2.05, 4.69) is 50.4 Å². The summed E-state index contributed by atoms with van der Waals surface area (Å²) in [6.07, 6.45) is 0. The van der Waals surface area contributed by atoms with Gasteiger partial charge in [0.25, 0.3) is 0 Å². The number of hydrogen-bond acceptors (Lipinski definition) is 2. The van der Waals surface area contributed by atoms with Crippen LogP contribution in [0.4, 0.5) is 0 Å². The van der Waals surface area contributed by atoms with E-state index in [4.69, 9.17) is 4.74 Å². The molecule has 0 saturated carbocycles. The maximum Gasteiger partial charge on any atom is 0.127 e. The minimum atomic E-state index is 0.320. The second kappa shape index (κ2) is 6.58. The van der Waals surface area contributed by atoms with Gasteiger partial charge in [-0.1, -0.05) is 38.1 Å². The minimum Gasteiger partial charge on any atom is -0.457 e. The molecule has 0 bridgehead atoms. The van der Waals surface area contributed by atoms with Gasteiger partial charge in [-0.2, -0.15) is 0 Å². The predicted molar refractivity (Wildman–Crippen MR) is 84.5 cm³/mol. The first-order chi connectivity index (χ1) is 9.60. The van der Waals surface area contributed by atoms with Gasteiger partial charge in [0, 0.05) is 6.04 Å². The molecule has 2 rings (SSSR count). The molecule has 2 aromatic carbocycles. The molecule has 20 heavy (non-hydrogen) atoms. The highest BCUT2D eigenvalue weighted by Crippen LogP contribution is 2.27. The van der Waals surface area contributed by atoms with Crippen molar-refractivity contribution in [2.45, 2.75) is 32.7 Å². The molecule has 106 valence electrons. The largest absolute Gasteiger partial charge is 0.457 e. The first-order valence-corrected chi connectivity index (χ1v) is 7.15. The Balaban J connectivity index is 2.19. The van der Waals surface area contributed by atoms with Gasteiger partial charge in [0.15, 0.2) is 0 Å². The molecule has 0 spiro atoms. The number of nitrogens with one attached hydrogen (secondary N) is 1. The molecule has 1 unspecified atom stereocenters. The first-order valence-electron chi connectivity index (χ1n) is 7.15. The Labute approximate surface area is 121 Å². The second-order valence-electron chi connectivity index (χ2n) is 5.41. The second-order valence-corrected chi connectivity index (χ2v) is 5.41. The van der Waals surface area contributed by atoms with E-state index < -0.39 is 0 Å². The lowest BCUT2D eigenvalue weighted by Gasteiger charge is -2.13. The smallest absolute Gasteiger partial charge is 0.127 e. The monoisotopic (exact) mass is 269 g/mol. The summed E-state index contributed by atoms with van der Waals surface area (Å²) in [5.41, 5.74) is 2.52. The standard InChI is InChI=1S/C18H23NO/c1-13(2)15-7-5-9-17(11-15)20-18-10-6-8-16(12-18)14(3)19-4/h5-14,19H,1-4H3. The summed E-state index contributed by atoms with van der Waals surface area (Å²) in [4.78, 5) is 0. The fraction of sp³-hybridized carbons (Fsp3) is 0.333. The van der Waals surface area contributed by atoms with Crippen LogP contribution in [0.5, 0.6) is 11.5 Å². The van der Waals surface area contributed by atoms with Crippen LogP contribution in [0.3, 0.4) is 0 Å². The first kappa shape index (κ1) is 14.6. The molecule has 0 aliphatic heterocycles. The molecule has 0 aliphatic carbocycles. The summed E-state index contributed by atoms with van der Waals surface area (Å²) in [5.74, 6) is 2.28. The normalized spacial score (nSPS) is 12.4. The van der Waals surface area contributed by atoms with E-state index >= 15 is 0 Å². The highest BCUT2D eigenvalue weighted by molar-refractivity contribution is 5.37. The van der Waals surface area contributed by atoms with Crippen LogP contribution in [0, 0.1) is 0 Å². The molecule has 2 nitrogen and oxygen atoms in total. The summed E-state index contributed by atoms with van der Waals surface area (Å²) in [6, 6.07) is 16.8. The predicted octanol–water partition coefficient (Wildman–Crippen LogP) is 4.88. The molecule has 0 heterocycles. The topological polar surface area (TPSA) is 21.3 Å². The number of rotatable bonds is 5. The summed E-state index contributed by atoms with van der Waals surface area (Å²) >= 11 is 0. The zero-order chi connectivity index (χ0) is 14.5. The molecule has 1 atom stereocenters. The van der Waals surface area contributed by atoms with E-state index in [0.717, 1.165) is 11.5 Å². The van der Waals surface area contributed by atoms with E-state index in [1.807, 2.05) is 31.3 Å². The van der Waals surface area contributed by atoms with E-state index in [9.17, 15) is 0 Å². The maximum atomic E-state index is 5.98. The Bertz CT molecular complexity index is 563. The molecule has 2 heteroatoms. The zero-order valence-electron chi connectivity index (χ0n) is 12.7. The number of hydrogen-bond donors (Lipinski definition) is 1. The molecule has 0 aliphatic rings. The van der Waals surface area contributed by atoms with Gasteiger partial charge in [0.1, 0.15) is 11.5 Å². The molecular formula is C18H23NO. The van der Waals surface area contributed by atoms with Crippen LogP contribution < -0.4 is 10.1 Å². The SMILES string of the molecule is CNC(C)c1cccc(Oc2cccc(C(C)C)c2)c1. The van der Waals surface area contributed by atoms with Crippen LogP contribution in [-0.4, -0.2) is 7.05 Å². The average Bonchev–Trinajstić information content (AvgIpc) is 2.47. The van der Waals surface area contributed by atoms with E-state index in [-0.39, 0.29) is 0 Å². The zero-order valence-corrected chi connectivity index (χ0v) is 12.7. The van der Waals surface area contributed by atoms with E-state index in [0.29, 0.717) is 12.0 Å². The van der Waals surface area contributed by atoms with Crippen molar-refractivity contribution in [2.24, 2.45) is 0 Å². The van der Waals surface area contributed by atoms with Gasteiger partial charge in [-0.05, 0) is 55.3 Å². The summed E-state index contributed by atoms with van der Waals surface area (Å²) in [5, 5.41) is 3.24. The van der Waals surface area contributed by atoms with E-state index in [1.54, 1.807) is 0 Å². The van der Waals surface area contributed by atoms with Crippen molar-refractivity contribution in [1.29, 1.82) is 0 Å². The molecule has 0 fully saturated rings. The van der Waals surface area contributed by atoms with Crippen molar-refractivity contribution in [2.75, 3.05) is 7.05 Å². The lowest BCUT2D eigenvalue weighted by molar-refractivity contribution is 0.479. The van der Waals surface area contributed by atoms with Gasteiger partial charge in [0.05, 0.1) is 0 Å². The molecule has 0 aromatic heterocycles. The molecule has 0 saturated heterocycles. The number of ether oxygens (including phenoxy) is 1. The molecule has 0 amide bonds. The highest BCUT2D eigenvalue weighted by Gasteiger charge is 2.05. The van der Waals surface area contributed by atoms with Crippen molar-refractivity contribution >= 4 is 0 Å². The number of benzene rings is 2. The van der Waals surface area contributed by atoms with Crippen molar-refractivity contribution in [1.82, 2.24) is 5.32 Å². The summed E-state index contributed by atoms with van der Waals surface area (Å²) < 4.78 is 5.98. The Morgan fingerprint density at radius 2 is 1.40 bits per heavy atom. The maximum absolute atomic E-state index is 5.98. The quantitative estimate of drug-likeness (QED) is 0.835. The fourth-order valence-corrected chi connectivity index (χ4v) is 2.09.